The number of nitro benzene ring substituents is 1. The van der Waals surface area contributed by atoms with Crippen molar-refractivity contribution < 1.29 is 14.5 Å². The van der Waals surface area contributed by atoms with E-state index in [1.54, 1.807) is 42.6 Å². The van der Waals surface area contributed by atoms with E-state index >= 15 is 0 Å². The van der Waals surface area contributed by atoms with Gasteiger partial charge in [0.1, 0.15) is 5.75 Å². The molecular formula is C16H15N3O4. The molecule has 2 aromatic carbocycles. The minimum absolute atomic E-state index is 0.0375. The molecule has 0 fully saturated rings. The second-order valence-corrected chi connectivity index (χ2v) is 4.63. The molecular weight excluding hydrogens is 298 g/mol. The Kier molecular flexibility index (Phi) is 5.40. The summed E-state index contributed by atoms with van der Waals surface area (Å²) >= 11 is 0. The van der Waals surface area contributed by atoms with Gasteiger partial charge in [-0.05, 0) is 29.8 Å². The van der Waals surface area contributed by atoms with E-state index in [1.165, 1.54) is 19.1 Å². The lowest BCUT2D eigenvalue weighted by molar-refractivity contribution is -0.384. The lowest BCUT2D eigenvalue weighted by Crippen LogP contribution is -2.24. The predicted octanol–water partition coefficient (Wildman–Crippen LogP) is 2.82. The Bertz CT molecular complexity index is 726. The van der Waals surface area contributed by atoms with Gasteiger partial charge in [0.2, 0.25) is 5.91 Å². The van der Waals surface area contributed by atoms with Crippen LogP contribution in [0.3, 0.4) is 0 Å². The molecule has 23 heavy (non-hydrogen) atoms. The van der Waals surface area contributed by atoms with Crippen LogP contribution in [0.2, 0.25) is 0 Å². The molecule has 1 N–H and O–H groups in total. The van der Waals surface area contributed by atoms with Crippen molar-refractivity contribution in [3.05, 3.63) is 64.2 Å². The Hall–Kier alpha value is -3.22. The first-order valence-electron chi connectivity index (χ1n) is 6.80. The topological polar surface area (TPSA) is 93.8 Å². The van der Waals surface area contributed by atoms with E-state index in [4.69, 9.17) is 4.74 Å². The number of hydrogen-bond acceptors (Lipinski definition) is 5. The number of hydrogen-bond donors (Lipinski definition) is 1. The molecule has 0 heterocycles. The molecule has 2 aromatic rings. The minimum Gasteiger partial charge on any atom is -0.473 e. The highest BCUT2D eigenvalue weighted by molar-refractivity contribution is 5.82. The van der Waals surface area contributed by atoms with Crippen LogP contribution in [0.25, 0.3) is 0 Å². The van der Waals surface area contributed by atoms with Gasteiger partial charge in [-0.15, -0.1) is 0 Å². The zero-order valence-electron chi connectivity index (χ0n) is 12.4. The average molecular weight is 313 g/mol. The van der Waals surface area contributed by atoms with Gasteiger partial charge < -0.3 is 10.1 Å². The van der Waals surface area contributed by atoms with Crippen LogP contribution in [0.15, 0.2) is 53.5 Å². The molecule has 0 radical (unpaired) electrons. The molecule has 0 saturated heterocycles. The fourth-order valence-corrected chi connectivity index (χ4v) is 1.71. The number of non-ortho nitro benzene ring substituents is 1. The Morgan fingerprint density at radius 1 is 1.30 bits per heavy atom. The van der Waals surface area contributed by atoms with E-state index in [1.807, 2.05) is 0 Å². The van der Waals surface area contributed by atoms with Crippen LogP contribution >= 0.6 is 0 Å². The number of carbonyl (C=O) groups is 1. The van der Waals surface area contributed by atoms with Crippen LogP contribution in [0.4, 0.5) is 11.4 Å². The molecule has 0 bridgehead atoms. The van der Waals surface area contributed by atoms with Crippen LogP contribution in [-0.4, -0.2) is 23.8 Å². The Balaban J connectivity index is 2.01. The fourth-order valence-electron chi connectivity index (χ4n) is 1.71. The Morgan fingerprint density at radius 2 is 2.04 bits per heavy atom. The Morgan fingerprint density at radius 3 is 2.70 bits per heavy atom. The molecule has 7 nitrogen and oxygen atoms in total. The smallest absolute Gasteiger partial charge is 0.269 e. The molecule has 0 saturated carbocycles. The average Bonchev–Trinajstić information content (AvgIpc) is 2.53. The van der Waals surface area contributed by atoms with E-state index in [0.717, 1.165) is 5.56 Å². The SMILES string of the molecule is CC(=O)NCOc1cccc(N=Cc2ccc([N+](=O)[O-])cc2)c1. The monoisotopic (exact) mass is 313 g/mol. The quantitative estimate of drug-likeness (QED) is 0.384. The van der Waals surface area contributed by atoms with Crippen LogP contribution < -0.4 is 10.1 Å². The summed E-state index contributed by atoms with van der Waals surface area (Å²) in [5.41, 5.74) is 1.46. The number of nitrogens with zero attached hydrogens (tertiary/aromatic N) is 2. The summed E-state index contributed by atoms with van der Waals surface area (Å²) in [5, 5.41) is 13.1. The molecule has 0 aliphatic heterocycles. The lowest BCUT2D eigenvalue weighted by Gasteiger charge is -2.06. The second-order valence-electron chi connectivity index (χ2n) is 4.63. The van der Waals surface area contributed by atoms with E-state index in [-0.39, 0.29) is 18.3 Å². The van der Waals surface area contributed by atoms with Crippen molar-refractivity contribution in [2.45, 2.75) is 6.92 Å². The summed E-state index contributed by atoms with van der Waals surface area (Å²) in [6.07, 6.45) is 1.61. The van der Waals surface area contributed by atoms with Gasteiger partial charge in [-0.3, -0.25) is 19.9 Å². The van der Waals surface area contributed by atoms with Crippen LogP contribution in [0.5, 0.6) is 5.75 Å². The maximum Gasteiger partial charge on any atom is 0.269 e. The number of rotatable bonds is 6. The normalized spacial score (nSPS) is 10.5. The number of amides is 1. The highest BCUT2D eigenvalue weighted by atomic mass is 16.6. The highest BCUT2D eigenvalue weighted by Gasteiger charge is 2.02. The van der Waals surface area contributed by atoms with Crippen molar-refractivity contribution in [3.63, 3.8) is 0 Å². The molecule has 0 atom stereocenters. The highest BCUT2D eigenvalue weighted by Crippen LogP contribution is 2.20. The van der Waals surface area contributed by atoms with Crippen molar-refractivity contribution >= 4 is 23.5 Å². The number of carbonyl (C=O) groups excluding carboxylic acids is 1. The maximum absolute atomic E-state index is 10.8. The number of ether oxygens (including phenoxy) is 1. The van der Waals surface area contributed by atoms with Crippen molar-refractivity contribution in [2.24, 2.45) is 4.99 Å². The zero-order chi connectivity index (χ0) is 16.7. The van der Waals surface area contributed by atoms with Crippen molar-refractivity contribution in [2.75, 3.05) is 6.73 Å². The number of aliphatic imine (C=N–C) groups is 1. The Labute approximate surface area is 132 Å². The van der Waals surface area contributed by atoms with Gasteiger partial charge in [0.05, 0.1) is 10.6 Å². The van der Waals surface area contributed by atoms with E-state index in [0.29, 0.717) is 11.4 Å². The number of benzene rings is 2. The first kappa shape index (κ1) is 16.2. The van der Waals surface area contributed by atoms with E-state index < -0.39 is 4.92 Å². The zero-order valence-corrected chi connectivity index (χ0v) is 12.4. The molecule has 0 spiro atoms. The molecule has 118 valence electrons. The number of nitro groups is 1. The third-order valence-electron chi connectivity index (χ3n) is 2.84. The van der Waals surface area contributed by atoms with Crippen molar-refractivity contribution in [1.29, 1.82) is 0 Å². The van der Waals surface area contributed by atoms with E-state index in [9.17, 15) is 14.9 Å². The lowest BCUT2D eigenvalue weighted by atomic mass is 10.2. The molecule has 7 heteroatoms. The number of nitrogens with one attached hydrogen (secondary N) is 1. The molecule has 0 aromatic heterocycles. The third kappa shape index (κ3) is 5.24. The first-order valence-corrected chi connectivity index (χ1v) is 6.80. The summed E-state index contributed by atoms with van der Waals surface area (Å²) in [6, 6.07) is 13.2. The van der Waals surface area contributed by atoms with Gasteiger partial charge in [-0.25, -0.2) is 0 Å². The van der Waals surface area contributed by atoms with Crippen LogP contribution in [-0.2, 0) is 4.79 Å². The van der Waals surface area contributed by atoms with Gasteiger partial charge in [-0.1, -0.05) is 6.07 Å². The van der Waals surface area contributed by atoms with Gasteiger partial charge in [0, 0.05) is 31.3 Å². The minimum atomic E-state index is -0.448. The molecule has 0 aliphatic rings. The predicted molar refractivity (Wildman–Crippen MR) is 86.1 cm³/mol. The summed E-state index contributed by atoms with van der Waals surface area (Å²) in [5.74, 6) is 0.412. The van der Waals surface area contributed by atoms with E-state index in [2.05, 4.69) is 10.3 Å². The van der Waals surface area contributed by atoms with Crippen molar-refractivity contribution in [3.8, 4) is 5.75 Å². The largest absolute Gasteiger partial charge is 0.473 e. The fraction of sp³-hybridized carbons (Fsp3) is 0.125. The first-order chi connectivity index (χ1) is 11.0. The maximum atomic E-state index is 10.8. The van der Waals surface area contributed by atoms with Crippen LogP contribution in [0.1, 0.15) is 12.5 Å². The second kappa shape index (κ2) is 7.69. The molecule has 0 unspecified atom stereocenters. The summed E-state index contributed by atoms with van der Waals surface area (Å²) in [7, 11) is 0. The summed E-state index contributed by atoms with van der Waals surface area (Å²) < 4.78 is 5.37. The summed E-state index contributed by atoms with van der Waals surface area (Å²) in [4.78, 5) is 25.2. The van der Waals surface area contributed by atoms with Gasteiger partial charge >= 0.3 is 0 Å². The third-order valence-corrected chi connectivity index (χ3v) is 2.84. The molecule has 1 amide bonds. The molecule has 0 aliphatic carbocycles. The standard InChI is InChI=1S/C16H15N3O4/c1-12(20)18-11-23-16-4-2-3-14(9-16)17-10-13-5-7-15(8-6-13)19(21)22/h2-10H,11H2,1H3,(H,18,20). The summed E-state index contributed by atoms with van der Waals surface area (Å²) in [6.45, 7) is 1.50. The van der Waals surface area contributed by atoms with Crippen LogP contribution in [0, 0.1) is 10.1 Å². The van der Waals surface area contributed by atoms with Gasteiger partial charge in [-0.2, -0.15) is 0 Å². The van der Waals surface area contributed by atoms with Crippen molar-refractivity contribution in [1.82, 2.24) is 5.32 Å². The molecule has 2 rings (SSSR count). The van der Waals surface area contributed by atoms with Gasteiger partial charge in [0.15, 0.2) is 6.73 Å². The van der Waals surface area contributed by atoms with Gasteiger partial charge in [0.25, 0.3) is 5.69 Å².